The van der Waals surface area contributed by atoms with E-state index >= 15 is 0 Å². The van der Waals surface area contributed by atoms with Crippen LogP contribution in [-0.2, 0) is 19.3 Å². The van der Waals surface area contributed by atoms with Gasteiger partial charge in [-0.3, -0.25) is 0 Å². The van der Waals surface area contributed by atoms with Gasteiger partial charge in [-0.1, -0.05) is 48.5 Å². The smallest absolute Gasteiger partial charge is 0.119 e. The van der Waals surface area contributed by atoms with Crippen molar-refractivity contribution >= 4 is 0 Å². The highest BCUT2D eigenvalue weighted by Crippen LogP contribution is 2.31. The fourth-order valence-electron chi connectivity index (χ4n) is 5.90. The van der Waals surface area contributed by atoms with Gasteiger partial charge in [0.2, 0.25) is 0 Å². The molecule has 2 saturated heterocycles. The summed E-state index contributed by atoms with van der Waals surface area (Å²) in [5.41, 5.74) is 9.62. The zero-order valence-electron chi connectivity index (χ0n) is 22.3. The first-order valence-electron chi connectivity index (χ1n) is 14.0. The fourth-order valence-corrected chi connectivity index (χ4v) is 5.90. The topological polar surface area (TPSA) is 15.7 Å². The molecule has 0 bridgehead atoms. The molecule has 0 unspecified atom stereocenters. The molecule has 3 aromatic carbocycles. The summed E-state index contributed by atoms with van der Waals surface area (Å²) in [6.07, 6.45) is 8.67. The molecule has 0 atom stereocenters. The molecule has 0 aromatic heterocycles. The van der Waals surface area contributed by atoms with Crippen LogP contribution >= 0.6 is 0 Å². The maximum absolute atomic E-state index is 5.60. The van der Waals surface area contributed by atoms with Gasteiger partial charge in [0.15, 0.2) is 0 Å². The number of hydrogen-bond donors (Lipinski definition) is 0. The second-order valence-electron chi connectivity index (χ2n) is 10.8. The van der Waals surface area contributed by atoms with Crippen LogP contribution in [-0.4, -0.2) is 56.2 Å². The first kappa shape index (κ1) is 25.0. The van der Waals surface area contributed by atoms with Gasteiger partial charge < -0.3 is 14.5 Å². The first-order chi connectivity index (χ1) is 17.7. The molecule has 0 aliphatic carbocycles. The maximum Gasteiger partial charge on any atom is 0.119 e. The molecule has 3 aromatic rings. The number of ether oxygens (including phenoxy) is 1. The summed E-state index contributed by atoms with van der Waals surface area (Å²) in [6, 6.07) is 22.9. The van der Waals surface area contributed by atoms with Crippen LogP contribution in [0.2, 0.25) is 0 Å². The summed E-state index contributed by atoms with van der Waals surface area (Å²) in [5, 5.41) is 0. The average molecular weight is 483 g/mol. The Hall–Kier alpha value is -2.62. The highest BCUT2D eigenvalue weighted by Gasteiger charge is 2.14. The van der Waals surface area contributed by atoms with Crippen LogP contribution in [0.4, 0.5) is 0 Å². The lowest BCUT2D eigenvalue weighted by Gasteiger charge is -2.17. The Morgan fingerprint density at radius 1 is 0.667 bits per heavy atom. The molecule has 2 fully saturated rings. The van der Waals surface area contributed by atoms with Crippen molar-refractivity contribution < 1.29 is 4.74 Å². The SMILES string of the molecule is COc1ccc(Cc2ccc(CCN3CCCC3)c(C)c2)c(-c2ccc(CCN3CCCC3)cc2)c1. The van der Waals surface area contributed by atoms with E-state index in [-0.39, 0.29) is 0 Å². The van der Waals surface area contributed by atoms with Gasteiger partial charge in [0.1, 0.15) is 5.75 Å². The average Bonchev–Trinajstić information content (AvgIpc) is 3.62. The van der Waals surface area contributed by atoms with Gasteiger partial charge in [0.05, 0.1) is 7.11 Å². The van der Waals surface area contributed by atoms with Crippen molar-refractivity contribution in [3.63, 3.8) is 0 Å². The number of nitrogens with zero attached hydrogens (tertiary/aromatic N) is 2. The van der Waals surface area contributed by atoms with Crippen molar-refractivity contribution in [2.75, 3.05) is 46.4 Å². The highest BCUT2D eigenvalue weighted by atomic mass is 16.5. The summed E-state index contributed by atoms with van der Waals surface area (Å²) in [4.78, 5) is 5.20. The van der Waals surface area contributed by atoms with Crippen molar-refractivity contribution in [2.45, 2.75) is 51.9 Å². The summed E-state index contributed by atoms with van der Waals surface area (Å²) in [7, 11) is 1.75. The second kappa shape index (κ2) is 12.1. The highest BCUT2D eigenvalue weighted by molar-refractivity contribution is 5.70. The number of aryl methyl sites for hydroxylation is 1. The third kappa shape index (κ3) is 6.38. The van der Waals surface area contributed by atoms with Crippen LogP contribution in [0.15, 0.2) is 60.7 Å². The molecule has 190 valence electrons. The summed E-state index contributed by atoms with van der Waals surface area (Å²) in [6.45, 7) is 9.73. The minimum atomic E-state index is 0.917. The molecule has 5 rings (SSSR count). The van der Waals surface area contributed by atoms with E-state index in [9.17, 15) is 0 Å². The molecule has 0 radical (unpaired) electrons. The van der Waals surface area contributed by atoms with Crippen LogP contribution in [0.1, 0.15) is 53.5 Å². The predicted octanol–water partition coefficient (Wildman–Crippen LogP) is 6.54. The second-order valence-corrected chi connectivity index (χ2v) is 10.8. The molecule has 0 saturated carbocycles. The summed E-state index contributed by atoms with van der Waals surface area (Å²) >= 11 is 0. The standard InChI is InChI=1S/C33H42N2O/c1-26-23-28(9-10-29(26)16-22-35-19-5-6-20-35)24-31-13-14-32(36-2)25-33(31)30-11-7-27(8-12-30)15-21-34-17-3-4-18-34/h7-14,23,25H,3-6,15-22,24H2,1-2H3. The zero-order valence-corrected chi connectivity index (χ0v) is 22.3. The van der Waals surface area contributed by atoms with Gasteiger partial charge in [0.25, 0.3) is 0 Å². The Kier molecular flexibility index (Phi) is 8.40. The van der Waals surface area contributed by atoms with Crippen LogP contribution < -0.4 is 4.74 Å². The molecule has 0 N–H and O–H groups in total. The summed E-state index contributed by atoms with van der Waals surface area (Å²) < 4.78 is 5.60. The number of methoxy groups -OCH3 is 1. The van der Waals surface area contributed by atoms with Gasteiger partial charge in [-0.15, -0.1) is 0 Å². The first-order valence-corrected chi connectivity index (χ1v) is 14.0. The molecule has 36 heavy (non-hydrogen) atoms. The third-order valence-electron chi connectivity index (χ3n) is 8.19. The van der Waals surface area contributed by atoms with Crippen LogP contribution in [0.25, 0.3) is 11.1 Å². The van der Waals surface area contributed by atoms with Gasteiger partial charge in [-0.05, 0) is 129 Å². The minimum Gasteiger partial charge on any atom is -0.497 e. The molecule has 0 amide bonds. The summed E-state index contributed by atoms with van der Waals surface area (Å²) in [5.74, 6) is 0.917. The van der Waals surface area contributed by atoms with Crippen molar-refractivity contribution in [3.8, 4) is 16.9 Å². The zero-order chi connectivity index (χ0) is 24.7. The van der Waals surface area contributed by atoms with Crippen molar-refractivity contribution in [1.29, 1.82) is 0 Å². The Labute approximate surface area is 218 Å². The lowest BCUT2D eigenvalue weighted by molar-refractivity contribution is 0.343. The van der Waals surface area contributed by atoms with E-state index < -0.39 is 0 Å². The Morgan fingerprint density at radius 3 is 1.92 bits per heavy atom. The lowest BCUT2D eigenvalue weighted by atomic mass is 9.92. The van der Waals surface area contributed by atoms with E-state index in [0.29, 0.717) is 0 Å². The van der Waals surface area contributed by atoms with Gasteiger partial charge in [-0.25, -0.2) is 0 Å². The van der Waals surface area contributed by atoms with Gasteiger partial charge >= 0.3 is 0 Å². The number of hydrogen-bond acceptors (Lipinski definition) is 3. The Bertz CT molecular complexity index is 1120. The molecular formula is C33H42N2O. The van der Waals surface area contributed by atoms with Crippen molar-refractivity contribution in [3.05, 3.63) is 88.5 Å². The van der Waals surface area contributed by atoms with E-state index in [4.69, 9.17) is 4.74 Å². The van der Waals surface area contributed by atoms with E-state index in [2.05, 4.69) is 77.4 Å². The Morgan fingerprint density at radius 2 is 1.28 bits per heavy atom. The Balaban J connectivity index is 1.29. The molecule has 0 spiro atoms. The fraction of sp³-hybridized carbons (Fsp3) is 0.455. The maximum atomic E-state index is 5.60. The van der Waals surface area contributed by atoms with Crippen LogP contribution in [0, 0.1) is 6.92 Å². The molecule has 2 aliphatic rings. The number of rotatable bonds is 10. The molecule has 2 aliphatic heterocycles. The van der Waals surface area contributed by atoms with E-state index in [0.717, 1.165) is 25.0 Å². The monoisotopic (exact) mass is 482 g/mol. The molecule has 2 heterocycles. The van der Waals surface area contributed by atoms with Crippen molar-refractivity contribution in [2.24, 2.45) is 0 Å². The van der Waals surface area contributed by atoms with Crippen LogP contribution in [0.5, 0.6) is 5.75 Å². The van der Waals surface area contributed by atoms with E-state index in [1.807, 2.05) is 0 Å². The lowest BCUT2D eigenvalue weighted by Crippen LogP contribution is -2.22. The minimum absolute atomic E-state index is 0.917. The van der Waals surface area contributed by atoms with Crippen LogP contribution in [0.3, 0.4) is 0 Å². The largest absolute Gasteiger partial charge is 0.497 e. The van der Waals surface area contributed by atoms with E-state index in [1.165, 1.54) is 104 Å². The van der Waals surface area contributed by atoms with Crippen molar-refractivity contribution in [1.82, 2.24) is 9.80 Å². The third-order valence-corrected chi connectivity index (χ3v) is 8.19. The predicted molar refractivity (Wildman–Crippen MR) is 151 cm³/mol. The molecule has 3 nitrogen and oxygen atoms in total. The normalized spacial score (nSPS) is 16.6. The van der Waals surface area contributed by atoms with E-state index in [1.54, 1.807) is 7.11 Å². The number of likely N-dealkylation sites (tertiary alicyclic amines) is 2. The molecular weight excluding hydrogens is 440 g/mol. The quantitative estimate of drug-likeness (QED) is 0.326. The van der Waals surface area contributed by atoms with Gasteiger partial charge in [-0.2, -0.15) is 0 Å². The number of benzene rings is 3. The van der Waals surface area contributed by atoms with Gasteiger partial charge in [0, 0.05) is 13.1 Å². The molecule has 3 heteroatoms.